The summed E-state index contributed by atoms with van der Waals surface area (Å²) in [6.45, 7) is 1.65. The lowest BCUT2D eigenvalue weighted by molar-refractivity contribution is -0.385. The molecule has 1 aromatic carbocycles. The molecule has 0 saturated heterocycles. The van der Waals surface area contributed by atoms with Crippen molar-refractivity contribution in [1.29, 1.82) is 0 Å². The van der Waals surface area contributed by atoms with Gasteiger partial charge in [-0.2, -0.15) is 5.10 Å². The molecule has 0 bridgehead atoms. The lowest BCUT2D eigenvalue weighted by Crippen LogP contribution is -2.30. The molecule has 9 heteroatoms. The quantitative estimate of drug-likeness (QED) is 0.640. The second kappa shape index (κ2) is 7.70. The van der Waals surface area contributed by atoms with Gasteiger partial charge in [-0.1, -0.05) is 6.07 Å². The summed E-state index contributed by atoms with van der Waals surface area (Å²) in [6.07, 6.45) is 3.33. The Bertz CT molecular complexity index is 716. The van der Waals surface area contributed by atoms with Crippen molar-refractivity contribution in [3.63, 3.8) is 0 Å². The number of amides is 1. The molecule has 1 unspecified atom stereocenters. The summed E-state index contributed by atoms with van der Waals surface area (Å²) < 4.78 is 1.60. The number of halogens is 1. The van der Waals surface area contributed by atoms with Gasteiger partial charge in [0.2, 0.25) is 5.91 Å². The molecule has 1 amide bonds. The first kappa shape index (κ1) is 18.6. The summed E-state index contributed by atoms with van der Waals surface area (Å²) in [4.78, 5) is 22.8. The molecule has 2 N–H and O–H groups in total. The largest absolute Gasteiger partial charge is 0.324 e. The van der Waals surface area contributed by atoms with Crippen molar-refractivity contribution in [2.75, 3.05) is 12.4 Å². The molecule has 0 saturated carbocycles. The lowest BCUT2D eigenvalue weighted by atomic mass is 10.1. The van der Waals surface area contributed by atoms with Crippen LogP contribution in [0.3, 0.4) is 0 Å². The molecular formula is C14H18ClN5O3. The zero-order valence-electron chi connectivity index (χ0n) is 12.9. The van der Waals surface area contributed by atoms with E-state index in [0.29, 0.717) is 16.8 Å². The fourth-order valence-corrected chi connectivity index (χ4v) is 2.14. The fraction of sp³-hybridized carbons (Fsp3) is 0.286. The van der Waals surface area contributed by atoms with Gasteiger partial charge < -0.3 is 10.6 Å². The maximum atomic E-state index is 12.3. The molecule has 0 radical (unpaired) electrons. The standard InChI is InChI=1S/C14H17N5O3.ClH/c1-9-4-5-11(6-12(9)19(21)22)17-14(20)13(15-2)10-7-16-18(3)8-10;/h4-8,13,15H,1-3H3,(H,17,20);1H. The monoisotopic (exact) mass is 339 g/mol. The summed E-state index contributed by atoms with van der Waals surface area (Å²) in [5.41, 5.74) is 1.61. The Morgan fingerprint density at radius 2 is 2.13 bits per heavy atom. The predicted octanol–water partition coefficient (Wildman–Crippen LogP) is 1.96. The van der Waals surface area contributed by atoms with E-state index >= 15 is 0 Å². The Balaban J connectivity index is 0.00000264. The number of nitrogens with zero attached hydrogens (tertiary/aromatic N) is 3. The molecule has 1 aromatic heterocycles. The summed E-state index contributed by atoms with van der Waals surface area (Å²) in [5.74, 6) is -0.311. The van der Waals surface area contributed by atoms with E-state index in [-0.39, 0.29) is 24.0 Å². The van der Waals surface area contributed by atoms with Crippen molar-refractivity contribution in [2.24, 2.45) is 7.05 Å². The summed E-state index contributed by atoms with van der Waals surface area (Å²) in [5, 5.41) is 20.6. The third kappa shape index (κ3) is 4.27. The molecule has 0 spiro atoms. The Hall–Kier alpha value is -2.45. The first-order valence-corrected chi connectivity index (χ1v) is 6.64. The van der Waals surface area contributed by atoms with E-state index in [1.165, 1.54) is 6.07 Å². The maximum Gasteiger partial charge on any atom is 0.274 e. The van der Waals surface area contributed by atoms with Gasteiger partial charge in [0.1, 0.15) is 6.04 Å². The Morgan fingerprint density at radius 1 is 1.43 bits per heavy atom. The number of carbonyl (C=O) groups is 1. The first-order valence-electron chi connectivity index (χ1n) is 6.64. The average molecular weight is 340 g/mol. The van der Waals surface area contributed by atoms with E-state index in [1.807, 2.05) is 0 Å². The van der Waals surface area contributed by atoms with Crippen molar-refractivity contribution >= 4 is 29.7 Å². The number of hydrogen-bond acceptors (Lipinski definition) is 5. The van der Waals surface area contributed by atoms with Gasteiger partial charge in [0.25, 0.3) is 5.69 Å². The van der Waals surface area contributed by atoms with Crippen LogP contribution >= 0.6 is 12.4 Å². The van der Waals surface area contributed by atoms with Crippen molar-refractivity contribution in [3.05, 3.63) is 51.8 Å². The summed E-state index contributed by atoms with van der Waals surface area (Å²) in [7, 11) is 3.42. The number of aromatic nitrogens is 2. The number of nitro benzene ring substituents is 1. The van der Waals surface area contributed by atoms with Crippen molar-refractivity contribution in [3.8, 4) is 0 Å². The lowest BCUT2D eigenvalue weighted by Gasteiger charge is -2.14. The zero-order valence-corrected chi connectivity index (χ0v) is 13.8. The number of carbonyl (C=O) groups excluding carboxylic acids is 1. The molecule has 0 aliphatic heterocycles. The van der Waals surface area contributed by atoms with E-state index in [9.17, 15) is 14.9 Å². The van der Waals surface area contributed by atoms with Crippen LogP contribution in [0.5, 0.6) is 0 Å². The number of benzene rings is 1. The highest BCUT2D eigenvalue weighted by atomic mass is 35.5. The van der Waals surface area contributed by atoms with E-state index < -0.39 is 11.0 Å². The van der Waals surface area contributed by atoms with E-state index in [1.54, 1.807) is 50.2 Å². The summed E-state index contributed by atoms with van der Waals surface area (Å²) in [6, 6.07) is 4.00. The van der Waals surface area contributed by atoms with E-state index in [4.69, 9.17) is 0 Å². The Morgan fingerprint density at radius 3 is 2.65 bits per heavy atom. The van der Waals surface area contributed by atoms with Crippen LogP contribution in [-0.4, -0.2) is 27.7 Å². The minimum absolute atomic E-state index is 0. The third-order valence-electron chi connectivity index (χ3n) is 3.28. The number of nitrogens with one attached hydrogen (secondary N) is 2. The van der Waals surface area contributed by atoms with Crippen LogP contribution in [0.2, 0.25) is 0 Å². The highest BCUT2D eigenvalue weighted by Crippen LogP contribution is 2.23. The molecule has 124 valence electrons. The molecule has 0 aliphatic rings. The fourth-order valence-electron chi connectivity index (χ4n) is 2.14. The number of likely N-dealkylation sites (N-methyl/N-ethyl adjacent to an activating group) is 1. The van der Waals surface area contributed by atoms with Gasteiger partial charge in [0, 0.05) is 36.1 Å². The molecule has 0 fully saturated rings. The van der Waals surface area contributed by atoms with E-state index in [2.05, 4.69) is 15.7 Å². The number of aryl methyl sites for hydroxylation is 2. The highest BCUT2D eigenvalue weighted by molar-refractivity contribution is 5.95. The van der Waals surface area contributed by atoms with Crippen LogP contribution in [0.1, 0.15) is 17.2 Å². The van der Waals surface area contributed by atoms with Crippen LogP contribution in [0.15, 0.2) is 30.6 Å². The molecule has 2 aromatic rings. The molecule has 23 heavy (non-hydrogen) atoms. The van der Waals surface area contributed by atoms with Crippen LogP contribution in [0.25, 0.3) is 0 Å². The second-order valence-electron chi connectivity index (χ2n) is 4.92. The summed E-state index contributed by atoms with van der Waals surface area (Å²) >= 11 is 0. The van der Waals surface area contributed by atoms with Gasteiger partial charge in [-0.15, -0.1) is 12.4 Å². The van der Waals surface area contributed by atoms with Crippen LogP contribution in [0, 0.1) is 17.0 Å². The molecule has 1 atom stereocenters. The second-order valence-corrected chi connectivity index (χ2v) is 4.92. The van der Waals surface area contributed by atoms with Gasteiger partial charge in [-0.25, -0.2) is 0 Å². The molecule has 8 nitrogen and oxygen atoms in total. The van der Waals surface area contributed by atoms with Crippen molar-refractivity contribution in [2.45, 2.75) is 13.0 Å². The maximum absolute atomic E-state index is 12.3. The van der Waals surface area contributed by atoms with Crippen molar-refractivity contribution in [1.82, 2.24) is 15.1 Å². The van der Waals surface area contributed by atoms with Gasteiger partial charge in [-0.3, -0.25) is 19.6 Å². The zero-order chi connectivity index (χ0) is 16.3. The molecule has 0 aliphatic carbocycles. The normalized spacial score (nSPS) is 11.4. The van der Waals surface area contributed by atoms with Crippen molar-refractivity contribution < 1.29 is 9.72 Å². The van der Waals surface area contributed by atoms with Crippen LogP contribution in [-0.2, 0) is 11.8 Å². The number of hydrogen-bond donors (Lipinski definition) is 2. The number of anilines is 1. The SMILES string of the molecule is CNC(C(=O)Nc1ccc(C)c([N+](=O)[O-])c1)c1cnn(C)c1.Cl. The Labute approximate surface area is 139 Å². The minimum atomic E-state index is -0.589. The van der Waals surface area contributed by atoms with E-state index in [0.717, 1.165) is 0 Å². The van der Waals surface area contributed by atoms with Crippen LogP contribution in [0.4, 0.5) is 11.4 Å². The molecule has 2 rings (SSSR count). The van der Waals surface area contributed by atoms with Gasteiger partial charge in [0.15, 0.2) is 0 Å². The highest BCUT2D eigenvalue weighted by Gasteiger charge is 2.21. The topological polar surface area (TPSA) is 102 Å². The van der Waals surface area contributed by atoms with Crippen LogP contribution < -0.4 is 10.6 Å². The van der Waals surface area contributed by atoms with Gasteiger partial charge in [0.05, 0.1) is 11.1 Å². The molecule has 1 heterocycles. The third-order valence-corrected chi connectivity index (χ3v) is 3.28. The van der Waals surface area contributed by atoms with Gasteiger partial charge in [-0.05, 0) is 20.0 Å². The smallest absolute Gasteiger partial charge is 0.274 e. The Kier molecular flexibility index (Phi) is 6.23. The predicted molar refractivity (Wildman–Crippen MR) is 88.7 cm³/mol. The molecular weight excluding hydrogens is 322 g/mol. The first-order chi connectivity index (χ1) is 10.4. The number of nitro groups is 1. The minimum Gasteiger partial charge on any atom is -0.324 e. The van der Waals surface area contributed by atoms with Gasteiger partial charge >= 0.3 is 0 Å². The average Bonchev–Trinajstić information content (AvgIpc) is 2.88. The number of rotatable bonds is 5.